The van der Waals surface area contributed by atoms with Crippen LogP contribution in [0, 0.1) is 19.7 Å². The van der Waals surface area contributed by atoms with Gasteiger partial charge in [0.1, 0.15) is 12.4 Å². The smallest absolute Gasteiger partial charge is 0.326 e. The van der Waals surface area contributed by atoms with Gasteiger partial charge in [-0.3, -0.25) is 14.3 Å². The number of fused-ring (bicyclic) bond motifs is 1. The minimum atomic E-state index is -3.99. The van der Waals surface area contributed by atoms with Gasteiger partial charge in [-0.25, -0.2) is 12.8 Å². The largest absolute Gasteiger partial charge is 0.465 e. The zero-order valence-corrected chi connectivity index (χ0v) is 22.0. The van der Waals surface area contributed by atoms with Crippen LogP contribution in [0.25, 0.3) is 10.2 Å². The first-order valence-electron chi connectivity index (χ1n) is 11.3. The highest BCUT2D eigenvalue weighted by Gasteiger charge is 2.17. The molecule has 3 aromatic carbocycles. The van der Waals surface area contributed by atoms with Gasteiger partial charge in [0.25, 0.3) is 15.9 Å². The number of carbonyl (C=O) groups is 2. The Morgan fingerprint density at radius 3 is 2.46 bits per heavy atom. The van der Waals surface area contributed by atoms with Crippen LogP contribution in [0.5, 0.6) is 0 Å². The molecule has 0 spiro atoms. The monoisotopic (exact) mass is 541 g/mol. The molecule has 0 bridgehead atoms. The summed E-state index contributed by atoms with van der Waals surface area (Å²) in [6.45, 7) is 5.77. The lowest BCUT2D eigenvalue weighted by Crippen LogP contribution is -2.23. The summed E-state index contributed by atoms with van der Waals surface area (Å²) in [5.41, 5.74) is 3.14. The van der Waals surface area contributed by atoms with Crippen molar-refractivity contribution >= 4 is 49.1 Å². The van der Waals surface area contributed by atoms with Gasteiger partial charge in [0.05, 0.1) is 21.7 Å². The van der Waals surface area contributed by atoms with E-state index in [-0.39, 0.29) is 29.3 Å². The minimum Gasteiger partial charge on any atom is -0.465 e. The summed E-state index contributed by atoms with van der Waals surface area (Å²) in [7, 11) is -3.99. The quantitative estimate of drug-likeness (QED) is 0.345. The van der Waals surface area contributed by atoms with E-state index in [0.717, 1.165) is 45.6 Å². The average molecular weight is 542 g/mol. The number of esters is 1. The average Bonchev–Trinajstić information content (AvgIpc) is 3.15. The lowest BCUT2D eigenvalue weighted by Gasteiger charge is -2.09. The number of aryl methyl sites for hydroxylation is 2. The molecule has 8 nitrogen and oxygen atoms in total. The third-order valence-corrected chi connectivity index (χ3v) is 8.01. The molecule has 0 aliphatic rings. The number of anilines is 1. The molecule has 1 aromatic heterocycles. The number of ether oxygens (including phenoxy) is 1. The maximum Gasteiger partial charge on any atom is 0.326 e. The minimum absolute atomic E-state index is 0.111. The normalized spacial score (nSPS) is 12.1. The summed E-state index contributed by atoms with van der Waals surface area (Å²) >= 11 is 1.27. The van der Waals surface area contributed by atoms with Gasteiger partial charge in [-0.05, 0) is 86.5 Å². The summed E-state index contributed by atoms with van der Waals surface area (Å²) in [6, 6.07) is 14.2. The molecule has 0 fully saturated rings. The van der Waals surface area contributed by atoms with E-state index in [0.29, 0.717) is 4.80 Å². The molecule has 0 saturated carbocycles. The van der Waals surface area contributed by atoms with Crippen molar-refractivity contribution < 1.29 is 27.1 Å². The molecule has 0 unspecified atom stereocenters. The summed E-state index contributed by atoms with van der Waals surface area (Å²) in [5.74, 6) is -1.62. The third-order valence-electron chi connectivity index (χ3n) is 5.57. The number of thiazole rings is 1. The summed E-state index contributed by atoms with van der Waals surface area (Å²) in [4.78, 5) is 29.8. The number of nitrogens with zero attached hydrogens (tertiary/aromatic N) is 2. The number of nitrogens with one attached hydrogen (secondary N) is 1. The van der Waals surface area contributed by atoms with Gasteiger partial charge in [-0.2, -0.15) is 4.99 Å². The predicted molar refractivity (Wildman–Crippen MR) is 139 cm³/mol. The number of hydrogen-bond acceptors (Lipinski definition) is 6. The van der Waals surface area contributed by atoms with Crippen LogP contribution in [0.2, 0.25) is 0 Å². The standard InChI is InChI=1S/C26H24FN3O5S2/c1-4-35-24(31)15-30-22-12-16(2)17(3)13-23(22)36-26(30)28-25(32)18-6-5-7-20(14-18)29-37(33,34)21-10-8-19(27)9-11-21/h5-14,29H,4,15H2,1-3H3. The maximum absolute atomic E-state index is 13.2. The molecule has 0 aliphatic carbocycles. The van der Waals surface area contributed by atoms with Crippen LogP contribution in [-0.2, 0) is 26.1 Å². The van der Waals surface area contributed by atoms with Crippen LogP contribution < -0.4 is 9.52 Å². The Morgan fingerprint density at radius 2 is 1.76 bits per heavy atom. The number of sulfonamides is 1. The van der Waals surface area contributed by atoms with Gasteiger partial charge in [-0.15, -0.1) is 0 Å². The second-order valence-corrected chi connectivity index (χ2v) is 10.9. The highest BCUT2D eigenvalue weighted by molar-refractivity contribution is 7.92. The topological polar surface area (TPSA) is 107 Å². The molecule has 1 amide bonds. The van der Waals surface area contributed by atoms with Crippen molar-refractivity contribution in [2.45, 2.75) is 32.2 Å². The number of hydrogen-bond donors (Lipinski definition) is 1. The number of benzene rings is 3. The van der Waals surface area contributed by atoms with E-state index in [4.69, 9.17) is 4.74 Å². The van der Waals surface area contributed by atoms with Gasteiger partial charge in [0.15, 0.2) is 4.80 Å². The molecule has 11 heteroatoms. The van der Waals surface area contributed by atoms with E-state index < -0.39 is 27.7 Å². The van der Waals surface area contributed by atoms with Crippen LogP contribution >= 0.6 is 11.3 Å². The second kappa shape index (κ2) is 10.7. The number of amides is 1. The van der Waals surface area contributed by atoms with Crippen molar-refractivity contribution in [1.82, 2.24) is 4.57 Å². The van der Waals surface area contributed by atoms with Crippen molar-refractivity contribution in [3.8, 4) is 0 Å². The van der Waals surface area contributed by atoms with E-state index in [1.54, 1.807) is 11.5 Å². The van der Waals surface area contributed by atoms with Crippen molar-refractivity contribution in [2.24, 2.45) is 4.99 Å². The molecule has 4 rings (SSSR count). The first-order valence-corrected chi connectivity index (χ1v) is 13.6. The summed E-state index contributed by atoms with van der Waals surface area (Å²) < 4.78 is 48.5. The zero-order valence-electron chi connectivity index (χ0n) is 20.3. The summed E-state index contributed by atoms with van der Waals surface area (Å²) in [5, 5.41) is 0. The molecule has 4 aromatic rings. The van der Waals surface area contributed by atoms with Gasteiger partial charge in [0, 0.05) is 11.3 Å². The molecule has 1 N–H and O–H groups in total. The highest BCUT2D eigenvalue weighted by atomic mass is 32.2. The molecule has 0 atom stereocenters. The lowest BCUT2D eigenvalue weighted by atomic mass is 10.1. The molecule has 0 radical (unpaired) electrons. The van der Waals surface area contributed by atoms with Crippen molar-refractivity contribution in [3.63, 3.8) is 0 Å². The first-order chi connectivity index (χ1) is 17.6. The van der Waals surface area contributed by atoms with Crippen LogP contribution in [0.15, 0.2) is 70.6 Å². The maximum atomic E-state index is 13.2. The second-order valence-electron chi connectivity index (χ2n) is 8.24. The highest BCUT2D eigenvalue weighted by Crippen LogP contribution is 2.23. The van der Waals surface area contributed by atoms with Gasteiger partial charge < -0.3 is 9.30 Å². The fourth-order valence-corrected chi connectivity index (χ4v) is 5.75. The molecular weight excluding hydrogens is 517 g/mol. The Bertz CT molecular complexity index is 1670. The van der Waals surface area contributed by atoms with E-state index in [2.05, 4.69) is 9.71 Å². The number of carbonyl (C=O) groups excluding carboxylic acids is 2. The van der Waals surface area contributed by atoms with Crippen molar-refractivity contribution in [3.05, 3.63) is 88.0 Å². The Hall–Kier alpha value is -3.83. The Labute approximate surface area is 217 Å². The molecule has 0 aliphatic heterocycles. The molecule has 37 heavy (non-hydrogen) atoms. The van der Waals surface area contributed by atoms with Crippen LogP contribution in [0.3, 0.4) is 0 Å². The van der Waals surface area contributed by atoms with E-state index in [1.165, 1.54) is 35.6 Å². The van der Waals surface area contributed by atoms with Crippen molar-refractivity contribution in [1.29, 1.82) is 0 Å². The third kappa shape index (κ3) is 5.95. The lowest BCUT2D eigenvalue weighted by molar-refractivity contribution is -0.143. The van der Waals surface area contributed by atoms with Gasteiger partial charge in [-0.1, -0.05) is 17.4 Å². The first kappa shape index (κ1) is 26.2. The molecular formula is C26H24FN3O5S2. The van der Waals surface area contributed by atoms with E-state index in [1.807, 2.05) is 26.0 Å². The van der Waals surface area contributed by atoms with Crippen LogP contribution in [0.4, 0.5) is 10.1 Å². The van der Waals surface area contributed by atoms with Crippen LogP contribution in [0.1, 0.15) is 28.4 Å². The summed E-state index contributed by atoms with van der Waals surface area (Å²) in [6.07, 6.45) is 0. The Morgan fingerprint density at radius 1 is 1.05 bits per heavy atom. The number of halogens is 1. The number of aromatic nitrogens is 1. The molecule has 0 saturated heterocycles. The Kier molecular flexibility index (Phi) is 7.55. The predicted octanol–water partition coefficient (Wildman–Crippen LogP) is 4.56. The van der Waals surface area contributed by atoms with Crippen LogP contribution in [-0.4, -0.2) is 31.5 Å². The fraction of sp³-hybridized carbons (Fsp3) is 0.192. The number of rotatable bonds is 7. The molecule has 192 valence electrons. The fourth-order valence-electron chi connectivity index (χ4n) is 3.59. The Balaban J connectivity index is 1.70. The van der Waals surface area contributed by atoms with E-state index in [9.17, 15) is 22.4 Å². The van der Waals surface area contributed by atoms with Gasteiger partial charge >= 0.3 is 5.97 Å². The SMILES string of the molecule is CCOC(=O)Cn1c(=NC(=O)c2cccc(NS(=O)(=O)c3ccc(F)cc3)c2)sc2cc(C)c(C)cc21. The zero-order chi connectivity index (χ0) is 26.7. The molecule has 1 heterocycles. The van der Waals surface area contributed by atoms with E-state index >= 15 is 0 Å². The van der Waals surface area contributed by atoms with Gasteiger partial charge in [0.2, 0.25) is 0 Å². The van der Waals surface area contributed by atoms with Crippen molar-refractivity contribution in [2.75, 3.05) is 11.3 Å².